The number of halogens is 1. The molecule has 4 rings (SSSR count). The maximum absolute atomic E-state index is 13.0. The zero-order chi connectivity index (χ0) is 19.5. The minimum Gasteiger partial charge on any atom is -0.293 e. The molecule has 0 radical (unpaired) electrons. The lowest BCUT2D eigenvalue weighted by molar-refractivity contribution is 0.102. The lowest BCUT2D eigenvalue weighted by atomic mass is 10.1. The largest absolute Gasteiger partial charge is 0.293 e. The molecule has 1 heterocycles. The van der Waals surface area contributed by atoms with E-state index in [1.54, 1.807) is 17.0 Å². The Morgan fingerprint density at radius 2 is 1.75 bits per heavy atom. The molecule has 0 saturated carbocycles. The van der Waals surface area contributed by atoms with Crippen molar-refractivity contribution in [2.45, 2.75) is 5.03 Å². The van der Waals surface area contributed by atoms with Crippen molar-refractivity contribution < 1.29 is 9.18 Å². The molecule has 0 fully saturated rings. The average molecular weight is 390 g/mol. The molecule has 0 aliphatic rings. The molecule has 0 atom stereocenters. The quantitative estimate of drug-likeness (QED) is 0.372. The highest BCUT2D eigenvalue weighted by Crippen LogP contribution is 2.22. The van der Waals surface area contributed by atoms with Gasteiger partial charge in [-0.15, -0.1) is 0 Å². The van der Waals surface area contributed by atoms with Crippen LogP contribution in [0.15, 0.2) is 88.9 Å². The van der Waals surface area contributed by atoms with Crippen LogP contribution < -0.4 is 5.56 Å². The molecule has 6 heteroatoms. The maximum Gasteiger partial charge on any atom is 0.287 e. The first-order valence-corrected chi connectivity index (χ1v) is 9.59. The summed E-state index contributed by atoms with van der Waals surface area (Å²) in [6.07, 6.45) is 3.17. The fraction of sp³-hybridized carbons (Fsp3) is 0.0455. The minimum absolute atomic E-state index is 0.0490. The first kappa shape index (κ1) is 18.1. The SMILES string of the molecule is O=C(CSc1nccn(-c2cccc3ccccc23)c1=O)c1ccc(F)cc1. The van der Waals surface area contributed by atoms with Gasteiger partial charge in [-0.3, -0.25) is 14.2 Å². The summed E-state index contributed by atoms with van der Waals surface area (Å²) >= 11 is 1.08. The van der Waals surface area contributed by atoms with Crippen LogP contribution in [0.4, 0.5) is 4.39 Å². The van der Waals surface area contributed by atoms with Crippen molar-refractivity contribution >= 4 is 28.3 Å². The van der Waals surface area contributed by atoms with Crippen LogP contribution in [0.1, 0.15) is 10.4 Å². The Labute approximate surface area is 164 Å². The van der Waals surface area contributed by atoms with Gasteiger partial charge in [-0.25, -0.2) is 9.37 Å². The predicted molar refractivity (Wildman–Crippen MR) is 109 cm³/mol. The first-order chi connectivity index (χ1) is 13.6. The Bertz CT molecular complexity index is 1210. The number of hydrogen-bond acceptors (Lipinski definition) is 4. The maximum atomic E-state index is 13.0. The molecule has 4 nitrogen and oxygen atoms in total. The van der Waals surface area contributed by atoms with Crippen LogP contribution in [0, 0.1) is 5.82 Å². The second-order valence-electron chi connectivity index (χ2n) is 6.12. The summed E-state index contributed by atoms with van der Waals surface area (Å²) in [4.78, 5) is 29.4. The number of ketones is 1. The standard InChI is InChI=1S/C22H15FN2O2S/c23-17-10-8-16(9-11-17)20(26)14-28-21-22(27)25(13-12-24-21)19-7-3-5-15-4-1-2-6-18(15)19/h1-13H,14H2. The van der Waals surface area contributed by atoms with Crippen molar-refractivity contribution in [2.24, 2.45) is 0 Å². The number of carbonyl (C=O) groups is 1. The summed E-state index contributed by atoms with van der Waals surface area (Å²) in [5.41, 5.74) is 0.882. The van der Waals surface area contributed by atoms with E-state index >= 15 is 0 Å². The van der Waals surface area contributed by atoms with Crippen LogP contribution in [0.25, 0.3) is 16.5 Å². The third-order valence-electron chi connectivity index (χ3n) is 4.34. The molecule has 0 amide bonds. The zero-order valence-electron chi connectivity index (χ0n) is 14.7. The molecule has 0 aliphatic carbocycles. The van der Waals surface area contributed by atoms with Gasteiger partial charge in [0, 0.05) is 23.3 Å². The van der Waals surface area contributed by atoms with E-state index in [-0.39, 0.29) is 22.1 Å². The lowest BCUT2D eigenvalue weighted by Crippen LogP contribution is -2.21. The lowest BCUT2D eigenvalue weighted by Gasteiger charge is -2.10. The van der Waals surface area contributed by atoms with E-state index in [1.165, 1.54) is 24.3 Å². The van der Waals surface area contributed by atoms with Crippen LogP contribution in [-0.4, -0.2) is 21.1 Å². The highest BCUT2D eigenvalue weighted by Gasteiger charge is 2.13. The van der Waals surface area contributed by atoms with Gasteiger partial charge in [0.25, 0.3) is 5.56 Å². The fourth-order valence-corrected chi connectivity index (χ4v) is 3.75. The number of benzene rings is 3. The van der Waals surface area contributed by atoms with Crippen molar-refractivity contribution in [3.8, 4) is 5.69 Å². The van der Waals surface area contributed by atoms with Gasteiger partial charge in [0.05, 0.1) is 11.4 Å². The van der Waals surface area contributed by atoms with E-state index < -0.39 is 5.82 Å². The molecule has 28 heavy (non-hydrogen) atoms. The predicted octanol–water partition coefficient (Wildman–Crippen LogP) is 4.50. The van der Waals surface area contributed by atoms with Crippen LogP contribution in [0.5, 0.6) is 0 Å². The highest BCUT2D eigenvalue weighted by molar-refractivity contribution is 7.99. The number of aromatic nitrogens is 2. The van der Waals surface area contributed by atoms with Crippen molar-refractivity contribution in [1.82, 2.24) is 9.55 Å². The Morgan fingerprint density at radius 3 is 2.57 bits per heavy atom. The Balaban J connectivity index is 1.63. The second-order valence-corrected chi connectivity index (χ2v) is 7.09. The van der Waals surface area contributed by atoms with Gasteiger partial charge in [-0.2, -0.15) is 0 Å². The summed E-state index contributed by atoms with van der Waals surface area (Å²) in [5.74, 6) is -0.536. The fourth-order valence-electron chi connectivity index (χ4n) is 2.95. The van der Waals surface area contributed by atoms with E-state index in [2.05, 4.69) is 4.98 Å². The molecule has 0 saturated heterocycles. The van der Waals surface area contributed by atoms with Crippen molar-refractivity contribution in [3.05, 3.63) is 101 Å². The Kier molecular flexibility index (Phi) is 5.04. The summed E-state index contributed by atoms with van der Waals surface area (Å²) in [7, 11) is 0. The van der Waals surface area contributed by atoms with E-state index in [0.29, 0.717) is 5.56 Å². The molecule has 0 unspecified atom stereocenters. The van der Waals surface area contributed by atoms with Crippen LogP contribution in [0.3, 0.4) is 0 Å². The summed E-state index contributed by atoms with van der Waals surface area (Å²) in [6, 6.07) is 18.9. The van der Waals surface area contributed by atoms with E-state index in [9.17, 15) is 14.0 Å². The van der Waals surface area contributed by atoms with Crippen LogP contribution >= 0.6 is 11.8 Å². The summed E-state index contributed by atoms with van der Waals surface area (Å²) in [5, 5.41) is 2.23. The van der Waals surface area contributed by atoms with Gasteiger partial charge in [0.1, 0.15) is 5.82 Å². The third-order valence-corrected chi connectivity index (χ3v) is 5.30. The molecular weight excluding hydrogens is 375 g/mol. The Hall–Kier alpha value is -3.25. The molecule has 3 aromatic carbocycles. The van der Waals surface area contributed by atoms with E-state index in [0.717, 1.165) is 28.2 Å². The highest BCUT2D eigenvalue weighted by atomic mass is 32.2. The molecule has 4 aromatic rings. The summed E-state index contributed by atoms with van der Waals surface area (Å²) < 4.78 is 14.5. The Morgan fingerprint density at radius 1 is 1.00 bits per heavy atom. The van der Waals surface area contributed by atoms with Crippen molar-refractivity contribution in [2.75, 3.05) is 5.75 Å². The normalized spacial score (nSPS) is 10.9. The van der Waals surface area contributed by atoms with E-state index in [4.69, 9.17) is 0 Å². The van der Waals surface area contributed by atoms with Gasteiger partial charge < -0.3 is 0 Å². The number of thioether (sulfide) groups is 1. The number of hydrogen-bond donors (Lipinski definition) is 0. The number of fused-ring (bicyclic) bond motifs is 1. The molecule has 138 valence electrons. The van der Waals surface area contributed by atoms with Gasteiger partial charge in [0.2, 0.25) is 0 Å². The molecular formula is C22H15FN2O2S. The number of Topliss-reactive ketones (excluding diaryl/α,β-unsaturated/α-hetero) is 1. The molecule has 1 aromatic heterocycles. The minimum atomic E-state index is -0.396. The third kappa shape index (κ3) is 3.59. The smallest absolute Gasteiger partial charge is 0.287 e. The average Bonchev–Trinajstić information content (AvgIpc) is 2.73. The number of carbonyl (C=O) groups excluding carboxylic acids is 1. The van der Waals surface area contributed by atoms with Crippen LogP contribution in [0.2, 0.25) is 0 Å². The monoisotopic (exact) mass is 390 g/mol. The van der Waals surface area contributed by atoms with E-state index in [1.807, 2.05) is 42.5 Å². The molecule has 0 N–H and O–H groups in total. The topological polar surface area (TPSA) is 52.0 Å². The number of nitrogens with zero attached hydrogens (tertiary/aromatic N) is 2. The molecule has 0 bridgehead atoms. The number of rotatable bonds is 5. The van der Waals surface area contributed by atoms with Crippen molar-refractivity contribution in [1.29, 1.82) is 0 Å². The van der Waals surface area contributed by atoms with Crippen molar-refractivity contribution in [3.63, 3.8) is 0 Å². The van der Waals surface area contributed by atoms with Gasteiger partial charge in [-0.1, -0.05) is 48.2 Å². The zero-order valence-corrected chi connectivity index (χ0v) is 15.5. The first-order valence-electron chi connectivity index (χ1n) is 8.61. The second kappa shape index (κ2) is 7.78. The molecule has 0 aliphatic heterocycles. The van der Waals surface area contributed by atoms with Gasteiger partial charge >= 0.3 is 0 Å². The molecule has 0 spiro atoms. The van der Waals surface area contributed by atoms with Crippen LogP contribution in [-0.2, 0) is 0 Å². The van der Waals surface area contributed by atoms with Gasteiger partial charge in [-0.05, 0) is 35.7 Å². The van der Waals surface area contributed by atoms with Gasteiger partial charge in [0.15, 0.2) is 10.8 Å². The summed E-state index contributed by atoms with van der Waals surface area (Å²) in [6.45, 7) is 0.